The molecule has 23 heavy (non-hydrogen) atoms. The first kappa shape index (κ1) is 15.4. The summed E-state index contributed by atoms with van der Waals surface area (Å²) in [5.74, 6) is -1.36. The van der Waals surface area contributed by atoms with Crippen LogP contribution < -0.4 is 5.32 Å². The Morgan fingerprint density at radius 3 is 2.87 bits per heavy atom. The summed E-state index contributed by atoms with van der Waals surface area (Å²) < 4.78 is 10.4. The third-order valence-corrected chi connectivity index (χ3v) is 3.96. The molecule has 1 amide bonds. The van der Waals surface area contributed by atoms with Crippen molar-refractivity contribution in [3.8, 4) is 0 Å². The molecule has 1 aliphatic heterocycles. The van der Waals surface area contributed by atoms with Crippen molar-refractivity contribution >= 4 is 23.0 Å². The second-order valence-electron chi connectivity index (χ2n) is 5.87. The van der Waals surface area contributed by atoms with Gasteiger partial charge in [0.2, 0.25) is 0 Å². The van der Waals surface area contributed by atoms with Gasteiger partial charge in [0.25, 0.3) is 11.6 Å². The smallest absolute Gasteiger partial charge is 0.305 e. The molecular weight excluding hydrogens is 302 g/mol. The van der Waals surface area contributed by atoms with E-state index in [9.17, 15) is 9.59 Å². The number of carbonyl (C=O) groups is 2. The van der Waals surface area contributed by atoms with E-state index in [1.807, 2.05) is 0 Å². The van der Waals surface area contributed by atoms with E-state index in [0.29, 0.717) is 41.1 Å². The summed E-state index contributed by atoms with van der Waals surface area (Å²) in [5, 5.41) is 16.3. The fraction of sp³-hybridized carbons (Fsp3) is 0.467. The van der Waals surface area contributed by atoms with Crippen LogP contribution in [0.5, 0.6) is 0 Å². The molecule has 1 atom stereocenters. The first-order valence-electron chi connectivity index (χ1n) is 7.26. The van der Waals surface area contributed by atoms with E-state index in [1.54, 1.807) is 19.9 Å². The Kier molecular flexibility index (Phi) is 3.77. The molecular formula is C15H17N3O5. The van der Waals surface area contributed by atoms with E-state index in [0.717, 1.165) is 0 Å². The maximum Gasteiger partial charge on any atom is 0.305 e. The number of nitrogens with one attached hydrogen (secondary N) is 1. The minimum atomic E-state index is -0.979. The lowest BCUT2D eigenvalue weighted by Gasteiger charge is -2.27. The van der Waals surface area contributed by atoms with Crippen molar-refractivity contribution in [2.24, 2.45) is 0 Å². The van der Waals surface area contributed by atoms with E-state index in [-0.39, 0.29) is 18.9 Å². The number of hydrogen-bond acceptors (Lipinski definition) is 6. The molecule has 1 fully saturated rings. The number of carboxylic acids is 1. The highest BCUT2D eigenvalue weighted by molar-refractivity contribution is 6.06. The van der Waals surface area contributed by atoms with Gasteiger partial charge in [0.05, 0.1) is 35.2 Å². The molecule has 8 nitrogen and oxygen atoms in total. The zero-order chi connectivity index (χ0) is 16.6. The lowest BCUT2D eigenvalue weighted by molar-refractivity contribution is -0.138. The number of amides is 1. The van der Waals surface area contributed by atoms with Gasteiger partial charge in [-0.25, -0.2) is 4.98 Å². The van der Waals surface area contributed by atoms with Gasteiger partial charge in [-0.15, -0.1) is 0 Å². The van der Waals surface area contributed by atoms with Gasteiger partial charge in [0.15, 0.2) is 0 Å². The predicted molar refractivity (Wildman–Crippen MR) is 79.2 cm³/mol. The first-order valence-corrected chi connectivity index (χ1v) is 7.26. The molecule has 122 valence electrons. The molecule has 2 aromatic rings. The van der Waals surface area contributed by atoms with E-state index in [1.165, 1.54) is 0 Å². The molecule has 0 bridgehead atoms. The van der Waals surface area contributed by atoms with Gasteiger partial charge < -0.3 is 19.7 Å². The zero-order valence-electron chi connectivity index (χ0n) is 12.9. The Bertz CT molecular complexity index is 777. The Morgan fingerprint density at radius 1 is 1.43 bits per heavy atom. The largest absolute Gasteiger partial charge is 0.481 e. The summed E-state index contributed by atoms with van der Waals surface area (Å²) >= 11 is 0. The highest BCUT2D eigenvalue weighted by atomic mass is 16.5. The minimum Gasteiger partial charge on any atom is -0.481 e. The van der Waals surface area contributed by atoms with Crippen LogP contribution in [0.1, 0.15) is 34.6 Å². The summed E-state index contributed by atoms with van der Waals surface area (Å²) in [5.41, 5.74) is 0.962. The minimum absolute atomic E-state index is 0.181. The molecule has 2 aromatic heterocycles. The molecule has 3 rings (SSSR count). The second kappa shape index (κ2) is 5.62. The number of pyridine rings is 1. The van der Waals surface area contributed by atoms with Crippen LogP contribution in [0.4, 0.5) is 0 Å². The number of fused-ring (bicyclic) bond motifs is 1. The third kappa shape index (κ3) is 2.89. The maximum absolute atomic E-state index is 12.7. The highest BCUT2D eigenvalue weighted by Crippen LogP contribution is 2.26. The zero-order valence-corrected chi connectivity index (χ0v) is 12.9. The Labute approximate surface area is 131 Å². The topological polar surface area (TPSA) is 115 Å². The average molecular weight is 319 g/mol. The third-order valence-electron chi connectivity index (χ3n) is 3.96. The van der Waals surface area contributed by atoms with Crippen molar-refractivity contribution in [2.45, 2.75) is 32.2 Å². The van der Waals surface area contributed by atoms with Crippen molar-refractivity contribution in [1.82, 2.24) is 15.5 Å². The Balaban J connectivity index is 1.97. The molecule has 1 unspecified atom stereocenters. The lowest BCUT2D eigenvalue weighted by atomic mass is 9.93. The summed E-state index contributed by atoms with van der Waals surface area (Å²) in [6.45, 7) is 4.08. The van der Waals surface area contributed by atoms with Crippen molar-refractivity contribution in [3.63, 3.8) is 0 Å². The van der Waals surface area contributed by atoms with Gasteiger partial charge >= 0.3 is 5.97 Å². The summed E-state index contributed by atoms with van der Waals surface area (Å²) in [4.78, 5) is 28.1. The number of ether oxygens (including phenoxy) is 1. The number of carbonyl (C=O) groups excluding carboxylic acids is 1. The van der Waals surface area contributed by atoms with Gasteiger partial charge in [-0.2, -0.15) is 0 Å². The SMILES string of the molecule is Cc1cc(C(=O)NC2(CC(=O)O)CCOC2)c2c(C)noc2n1. The van der Waals surface area contributed by atoms with Crippen LogP contribution >= 0.6 is 0 Å². The first-order chi connectivity index (χ1) is 10.9. The Hall–Kier alpha value is -2.48. The summed E-state index contributed by atoms with van der Waals surface area (Å²) in [7, 11) is 0. The molecule has 0 aromatic carbocycles. The molecule has 0 saturated carbocycles. The monoisotopic (exact) mass is 319 g/mol. The molecule has 0 spiro atoms. The molecule has 0 radical (unpaired) electrons. The maximum atomic E-state index is 12.7. The number of aryl methyl sites for hydroxylation is 2. The molecule has 3 heterocycles. The van der Waals surface area contributed by atoms with Crippen molar-refractivity contribution in [1.29, 1.82) is 0 Å². The molecule has 1 aliphatic rings. The number of rotatable bonds is 4. The molecule has 0 aliphatic carbocycles. The van der Waals surface area contributed by atoms with Crippen LogP contribution in [0.3, 0.4) is 0 Å². The fourth-order valence-electron chi connectivity index (χ4n) is 2.88. The van der Waals surface area contributed by atoms with Gasteiger partial charge in [0, 0.05) is 12.3 Å². The van der Waals surface area contributed by atoms with Crippen LogP contribution in [0.15, 0.2) is 10.6 Å². The van der Waals surface area contributed by atoms with Crippen LogP contribution in [-0.4, -0.2) is 45.9 Å². The van der Waals surface area contributed by atoms with Crippen molar-refractivity contribution in [3.05, 3.63) is 23.0 Å². The van der Waals surface area contributed by atoms with E-state index in [2.05, 4.69) is 15.5 Å². The van der Waals surface area contributed by atoms with Gasteiger partial charge in [-0.1, -0.05) is 5.16 Å². The van der Waals surface area contributed by atoms with Crippen LogP contribution in [0.25, 0.3) is 11.1 Å². The highest BCUT2D eigenvalue weighted by Gasteiger charge is 2.39. The fourth-order valence-corrected chi connectivity index (χ4v) is 2.88. The summed E-state index contributed by atoms with van der Waals surface area (Å²) in [6.07, 6.45) is 0.273. The Morgan fingerprint density at radius 2 is 2.22 bits per heavy atom. The normalized spacial score (nSPS) is 20.8. The number of aliphatic carboxylic acids is 1. The second-order valence-corrected chi connectivity index (χ2v) is 5.87. The number of aromatic nitrogens is 2. The van der Waals surface area contributed by atoms with E-state index < -0.39 is 11.5 Å². The number of hydrogen-bond donors (Lipinski definition) is 2. The predicted octanol–water partition coefficient (Wildman–Crippen LogP) is 1.20. The van der Waals surface area contributed by atoms with E-state index in [4.69, 9.17) is 14.4 Å². The van der Waals surface area contributed by atoms with Gasteiger partial charge in [-0.05, 0) is 26.3 Å². The molecule has 2 N–H and O–H groups in total. The van der Waals surface area contributed by atoms with Crippen LogP contribution in [0, 0.1) is 13.8 Å². The van der Waals surface area contributed by atoms with Crippen molar-refractivity contribution < 1.29 is 24.0 Å². The van der Waals surface area contributed by atoms with E-state index >= 15 is 0 Å². The van der Waals surface area contributed by atoms with Crippen LogP contribution in [-0.2, 0) is 9.53 Å². The summed E-state index contributed by atoms with van der Waals surface area (Å²) in [6, 6.07) is 1.64. The van der Waals surface area contributed by atoms with Crippen molar-refractivity contribution in [2.75, 3.05) is 13.2 Å². The van der Waals surface area contributed by atoms with Crippen LogP contribution in [0.2, 0.25) is 0 Å². The molecule has 8 heteroatoms. The number of carboxylic acid groups (broad SMARTS) is 1. The lowest BCUT2D eigenvalue weighted by Crippen LogP contribution is -2.50. The van der Waals surface area contributed by atoms with Gasteiger partial charge in [0.1, 0.15) is 0 Å². The standard InChI is InChI=1S/C15H17N3O5/c1-8-5-10(12-9(2)18-23-14(12)16-8)13(21)17-15(6-11(19)20)3-4-22-7-15/h5H,3-4,6-7H2,1-2H3,(H,17,21)(H,19,20). The number of nitrogens with zero attached hydrogens (tertiary/aromatic N) is 2. The van der Waals surface area contributed by atoms with Gasteiger partial charge in [-0.3, -0.25) is 9.59 Å². The quantitative estimate of drug-likeness (QED) is 0.870. The average Bonchev–Trinajstić information content (AvgIpc) is 3.05. The molecule has 1 saturated heterocycles.